The molecule has 0 aliphatic heterocycles. The molecule has 1 atom stereocenters. The Morgan fingerprint density at radius 3 is 2.10 bits per heavy atom. The quantitative estimate of drug-likeness (QED) is 0.613. The van der Waals surface area contributed by atoms with Crippen LogP contribution in [0.3, 0.4) is 0 Å². The minimum absolute atomic E-state index is 0.0337. The molecule has 0 bridgehead atoms. The van der Waals surface area contributed by atoms with Crippen molar-refractivity contribution in [2.75, 3.05) is 26.1 Å². The molecule has 1 unspecified atom stereocenters. The normalized spacial score (nSPS) is 11.6. The van der Waals surface area contributed by atoms with Crippen LogP contribution in [0.25, 0.3) is 0 Å². The molecule has 0 heterocycles. The first-order chi connectivity index (χ1) is 14.1. The Labute approximate surface area is 173 Å². The van der Waals surface area contributed by atoms with Crippen molar-refractivity contribution in [1.29, 1.82) is 0 Å². The van der Waals surface area contributed by atoms with Crippen LogP contribution in [0.15, 0.2) is 78.9 Å². The van der Waals surface area contributed by atoms with Gasteiger partial charge in [-0.2, -0.15) is 0 Å². The number of amides is 1. The van der Waals surface area contributed by atoms with Crippen LogP contribution in [0, 0.1) is 0 Å². The second-order valence-electron chi connectivity index (χ2n) is 7.25. The van der Waals surface area contributed by atoms with E-state index in [-0.39, 0.29) is 11.9 Å². The van der Waals surface area contributed by atoms with E-state index in [1.807, 2.05) is 68.7 Å². The summed E-state index contributed by atoms with van der Waals surface area (Å²) in [5, 5.41) is 3.20. The lowest BCUT2D eigenvalue weighted by Crippen LogP contribution is -2.29. The number of methoxy groups -OCH3 is 1. The van der Waals surface area contributed by atoms with Crippen LogP contribution < -0.4 is 15.0 Å². The van der Waals surface area contributed by atoms with Crippen molar-refractivity contribution >= 4 is 11.6 Å². The van der Waals surface area contributed by atoms with Gasteiger partial charge in [-0.15, -0.1) is 0 Å². The molecular formula is C25H28N2O2. The highest BCUT2D eigenvalue weighted by molar-refractivity contribution is 5.77. The highest BCUT2D eigenvalue weighted by Gasteiger charge is 2.17. The van der Waals surface area contributed by atoms with Gasteiger partial charge in [0.2, 0.25) is 5.91 Å². The third-order valence-electron chi connectivity index (χ3n) is 4.98. The number of anilines is 1. The van der Waals surface area contributed by atoms with Gasteiger partial charge in [-0.25, -0.2) is 0 Å². The van der Waals surface area contributed by atoms with Crippen LogP contribution in [0.1, 0.15) is 29.2 Å². The first kappa shape index (κ1) is 20.5. The summed E-state index contributed by atoms with van der Waals surface area (Å²) in [7, 11) is 5.69. The molecular weight excluding hydrogens is 360 g/mol. The van der Waals surface area contributed by atoms with Gasteiger partial charge in [-0.1, -0.05) is 54.6 Å². The number of benzene rings is 3. The number of carbonyl (C=O) groups excluding carboxylic acids is 1. The van der Waals surface area contributed by atoms with Gasteiger partial charge in [-0.05, 0) is 47.4 Å². The van der Waals surface area contributed by atoms with Crippen LogP contribution in [0.5, 0.6) is 5.75 Å². The summed E-state index contributed by atoms with van der Waals surface area (Å²) in [6, 6.07) is 26.0. The van der Waals surface area contributed by atoms with Gasteiger partial charge >= 0.3 is 0 Å². The molecule has 150 valence electrons. The van der Waals surface area contributed by atoms with Gasteiger partial charge in [0.15, 0.2) is 0 Å². The van der Waals surface area contributed by atoms with Crippen molar-refractivity contribution < 1.29 is 9.53 Å². The Hall–Kier alpha value is -3.27. The first-order valence-corrected chi connectivity index (χ1v) is 9.81. The minimum Gasteiger partial charge on any atom is -0.497 e. The number of carbonyl (C=O) groups is 1. The molecule has 3 rings (SSSR count). The summed E-state index contributed by atoms with van der Waals surface area (Å²) in [6.45, 7) is 0. The molecule has 29 heavy (non-hydrogen) atoms. The molecule has 3 aromatic rings. The monoisotopic (exact) mass is 388 g/mol. The van der Waals surface area contributed by atoms with Crippen LogP contribution >= 0.6 is 0 Å². The fraction of sp³-hybridized carbons (Fsp3) is 0.240. The molecule has 0 aliphatic carbocycles. The van der Waals surface area contributed by atoms with E-state index >= 15 is 0 Å². The molecule has 0 spiro atoms. The van der Waals surface area contributed by atoms with E-state index in [2.05, 4.69) is 34.5 Å². The fourth-order valence-electron chi connectivity index (χ4n) is 3.25. The van der Waals surface area contributed by atoms with Crippen molar-refractivity contribution in [2.45, 2.75) is 18.9 Å². The van der Waals surface area contributed by atoms with E-state index in [0.29, 0.717) is 12.8 Å². The number of nitrogens with zero attached hydrogens (tertiary/aromatic N) is 1. The van der Waals surface area contributed by atoms with Crippen LogP contribution in [-0.4, -0.2) is 27.1 Å². The molecule has 4 heteroatoms. The van der Waals surface area contributed by atoms with Crippen LogP contribution in [0.4, 0.5) is 5.69 Å². The molecule has 0 radical (unpaired) electrons. The first-order valence-electron chi connectivity index (χ1n) is 9.81. The largest absolute Gasteiger partial charge is 0.497 e. The van der Waals surface area contributed by atoms with Crippen molar-refractivity contribution in [1.82, 2.24) is 5.32 Å². The van der Waals surface area contributed by atoms with E-state index in [4.69, 9.17) is 4.74 Å². The molecule has 0 aliphatic rings. The van der Waals surface area contributed by atoms with E-state index < -0.39 is 0 Å². The molecule has 0 fully saturated rings. The van der Waals surface area contributed by atoms with Crippen LogP contribution in [-0.2, 0) is 11.2 Å². The number of rotatable bonds is 8. The van der Waals surface area contributed by atoms with Gasteiger partial charge in [0.25, 0.3) is 0 Å². The van der Waals surface area contributed by atoms with Crippen molar-refractivity contribution in [3.8, 4) is 5.75 Å². The number of hydrogen-bond donors (Lipinski definition) is 1. The summed E-state index contributed by atoms with van der Waals surface area (Å²) in [5.74, 6) is 0.833. The molecule has 1 N–H and O–H groups in total. The number of hydrogen-bond acceptors (Lipinski definition) is 3. The molecule has 4 nitrogen and oxygen atoms in total. The van der Waals surface area contributed by atoms with Crippen LogP contribution in [0.2, 0.25) is 0 Å². The Morgan fingerprint density at radius 1 is 0.897 bits per heavy atom. The van der Waals surface area contributed by atoms with Crippen molar-refractivity contribution in [3.05, 3.63) is 95.6 Å². The summed E-state index contributed by atoms with van der Waals surface area (Å²) >= 11 is 0. The number of ether oxygens (including phenoxy) is 1. The summed E-state index contributed by atoms with van der Waals surface area (Å²) in [4.78, 5) is 14.8. The average Bonchev–Trinajstić information content (AvgIpc) is 2.77. The maximum atomic E-state index is 12.7. The van der Waals surface area contributed by atoms with Gasteiger partial charge in [0.05, 0.1) is 13.2 Å². The lowest BCUT2D eigenvalue weighted by atomic mass is 9.98. The smallest absolute Gasteiger partial charge is 0.221 e. The topological polar surface area (TPSA) is 41.6 Å². The average molecular weight is 389 g/mol. The van der Waals surface area contributed by atoms with Crippen molar-refractivity contribution in [3.63, 3.8) is 0 Å². The SMILES string of the molecule is COc1ccc(C(NC(=O)CCc2ccc(N(C)C)cc2)c2ccccc2)cc1. The Morgan fingerprint density at radius 2 is 1.52 bits per heavy atom. The Balaban J connectivity index is 1.69. The van der Waals surface area contributed by atoms with E-state index in [1.165, 1.54) is 0 Å². The maximum Gasteiger partial charge on any atom is 0.221 e. The zero-order valence-corrected chi connectivity index (χ0v) is 17.3. The lowest BCUT2D eigenvalue weighted by Gasteiger charge is -2.20. The maximum absolute atomic E-state index is 12.7. The summed E-state index contributed by atoms with van der Waals surface area (Å²) in [6.07, 6.45) is 1.16. The van der Waals surface area contributed by atoms with Gasteiger partial charge < -0.3 is 15.0 Å². The molecule has 1 amide bonds. The summed E-state index contributed by atoms with van der Waals surface area (Å²) in [5.41, 5.74) is 4.40. The van der Waals surface area contributed by atoms with Gasteiger partial charge in [0.1, 0.15) is 5.75 Å². The third kappa shape index (κ3) is 5.61. The summed E-state index contributed by atoms with van der Waals surface area (Å²) < 4.78 is 5.26. The Kier molecular flexibility index (Phi) is 6.90. The van der Waals surface area contributed by atoms with Gasteiger partial charge in [-0.3, -0.25) is 4.79 Å². The van der Waals surface area contributed by atoms with E-state index in [1.54, 1.807) is 7.11 Å². The van der Waals surface area contributed by atoms with Gasteiger partial charge in [0, 0.05) is 26.2 Å². The number of nitrogens with one attached hydrogen (secondary N) is 1. The fourth-order valence-corrected chi connectivity index (χ4v) is 3.25. The van der Waals surface area contributed by atoms with E-state index in [0.717, 1.165) is 28.1 Å². The standard InChI is InChI=1S/C25H28N2O2/c1-27(2)22-14-9-19(10-15-22)11-18-24(28)26-25(20-7-5-4-6-8-20)21-12-16-23(29-3)17-13-21/h4-10,12-17,25H,11,18H2,1-3H3,(H,26,28). The van der Waals surface area contributed by atoms with E-state index in [9.17, 15) is 4.79 Å². The number of aryl methyl sites for hydroxylation is 1. The second-order valence-corrected chi connectivity index (χ2v) is 7.25. The minimum atomic E-state index is -0.189. The lowest BCUT2D eigenvalue weighted by molar-refractivity contribution is -0.121. The molecule has 0 saturated carbocycles. The second kappa shape index (κ2) is 9.78. The molecule has 0 saturated heterocycles. The highest BCUT2D eigenvalue weighted by atomic mass is 16.5. The molecule has 0 aromatic heterocycles. The third-order valence-corrected chi connectivity index (χ3v) is 4.98. The highest BCUT2D eigenvalue weighted by Crippen LogP contribution is 2.24. The zero-order valence-electron chi connectivity index (χ0n) is 17.3. The molecule has 3 aromatic carbocycles. The Bertz CT molecular complexity index is 904. The zero-order chi connectivity index (χ0) is 20.6. The van der Waals surface area contributed by atoms with Crippen molar-refractivity contribution in [2.24, 2.45) is 0 Å². The predicted molar refractivity (Wildman–Crippen MR) is 119 cm³/mol. The predicted octanol–water partition coefficient (Wildman–Crippen LogP) is 4.60.